The van der Waals surface area contributed by atoms with Crippen molar-refractivity contribution < 1.29 is 0 Å². The Balaban J connectivity index is 0.0000000986. The molecule has 144 heavy (non-hydrogen) atoms. The van der Waals surface area contributed by atoms with Gasteiger partial charge in [0.1, 0.15) is 17.3 Å². The molecule has 0 unspecified atom stereocenters. The lowest BCUT2D eigenvalue weighted by Crippen LogP contribution is -2.02. The molecule has 10 heteroatoms. The molecular weight excluding hydrogens is 1750 g/mol. The molecule has 0 radical (unpaired) electrons. The maximum Gasteiger partial charge on any atom is 0.165 e. The minimum atomic E-state index is 0.868. The first-order valence-corrected chi connectivity index (χ1v) is 49.3. The number of fused-ring (bicyclic) bond motifs is 36. The van der Waals surface area contributed by atoms with Gasteiger partial charge in [-0.15, -0.1) is 0 Å². The van der Waals surface area contributed by atoms with Gasteiger partial charge in [-0.1, -0.05) is 340 Å². The van der Waals surface area contributed by atoms with Gasteiger partial charge in [0.2, 0.25) is 0 Å². The van der Waals surface area contributed by atoms with Crippen LogP contribution in [0.25, 0.3) is 298 Å². The third-order valence-corrected chi connectivity index (χ3v) is 30.5. The molecule has 10 nitrogen and oxygen atoms in total. The zero-order valence-electron chi connectivity index (χ0n) is 77.7. The minimum Gasteiger partial charge on any atom is -0.309 e. The van der Waals surface area contributed by atoms with Gasteiger partial charge in [0.15, 0.2) is 5.82 Å². The number of nitrogens with zero attached hydrogens (tertiary/aromatic N) is 10. The first-order chi connectivity index (χ1) is 71.5. The van der Waals surface area contributed by atoms with E-state index in [1.807, 2.05) is 12.1 Å². The molecule has 9 aromatic heterocycles. The zero-order chi connectivity index (χ0) is 94.0. The molecule has 0 bridgehead atoms. The predicted molar refractivity (Wildman–Crippen MR) is 599 cm³/mol. The summed E-state index contributed by atoms with van der Waals surface area (Å²) in [5, 5.41) is 17.2. The van der Waals surface area contributed by atoms with Gasteiger partial charge in [0, 0.05) is 126 Å². The highest BCUT2D eigenvalue weighted by molar-refractivity contribution is 6.26. The standard InChI is InChI=1S/2C45H27N3.C44H26N4/c1-2-14-29(15-3-1)47-40-23-11-8-19-36(40)42-33(20-12-24-41(42)47)34-25-26-35-31-17-7-10-22-39(31)48-44(35)43(34)32-18-6-5-16-30(32)37-27-28-13-4-9-21-38(28)46-45(37)48;1-2-13-30(14-3-1)47-40-20-10-7-17-34(40)37-26-28(22-25-42(37)47)31-23-24-35-32-15-5-6-16-33(32)38-27-29-12-4-9-19-39(29)46-45(38)48-41-21-11-8-18-36(41)43(31)44(35)48;1-2-12-29(13-3-1)47-39-20-10-6-15-31(39)33-23-22-27(26-41(33)47)28-24-35-30-14-4-5-17-34(30)42-44(46-38-19-9-8-18-37(38)45-42)48-40-21-11-7-16-32(40)36(25-28)43(35)48/h2*1-27H;1-26H. The molecule has 0 saturated heterocycles. The molecule has 0 aliphatic carbocycles. The van der Waals surface area contributed by atoms with Crippen LogP contribution in [0.2, 0.25) is 0 Å². The second kappa shape index (κ2) is 31.0. The average molecular weight is 1830 g/mol. The topological polar surface area (TPSA) is 81.1 Å². The highest BCUT2D eigenvalue weighted by atomic mass is 15.1. The van der Waals surface area contributed by atoms with E-state index in [1.54, 1.807) is 0 Å². The maximum atomic E-state index is 5.41. The lowest BCUT2D eigenvalue weighted by atomic mass is 9.87. The molecule has 3 aliphatic heterocycles. The van der Waals surface area contributed by atoms with Crippen LogP contribution in [0.3, 0.4) is 0 Å². The van der Waals surface area contributed by atoms with Gasteiger partial charge in [0.25, 0.3) is 0 Å². The Bertz CT molecular complexity index is 10800. The Labute approximate surface area is 825 Å². The summed E-state index contributed by atoms with van der Waals surface area (Å²) >= 11 is 0. The molecule has 30 aromatic rings. The summed E-state index contributed by atoms with van der Waals surface area (Å²) in [5.41, 5.74) is 42.7. The smallest absolute Gasteiger partial charge is 0.165 e. The Morgan fingerprint density at radius 1 is 0.146 bits per heavy atom. The number of para-hydroxylation sites is 13. The van der Waals surface area contributed by atoms with Crippen LogP contribution < -0.4 is 0 Å². The maximum absolute atomic E-state index is 5.41. The van der Waals surface area contributed by atoms with Gasteiger partial charge in [-0.05, 0) is 207 Å². The molecular formula is C134H80N10. The molecule has 12 heterocycles. The number of hydrogen-bond donors (Lipinski definition) is 0. The number of hydrogen-bond acceptors (Lipinski definition) is 4. The van der Waals surface area contributed by atoms with Crippen molar-refractivity contribution in [2.75, 3.05) is 0 Å². The SMILES string of the molecule is c1ccc(-n2c3ccccc3c3c(-c4ccc5c6ccccc6n6c5c4-c4ccccc4-c4cc5ccccc5nc4-6)cccc32)cc1.c1ccc(-n2c3ccccc3c3cc(-c4ccc5c6c4c4ccccc4n6-c4nc6ccccc6cc4-c4ccccc4-5)ccc32)cc1.c1ccc(-n2c3ccccc3c3ccc(-c4cc5c6c(c4)c4ccccc4n6-c4nc6ccccc6nc4-c4ccccc4-5)cc32)cc1. The van der Waals surface area contributed by atoms with Crippen molar-refractivity contribution in [3.05, 3.63) is 485 Å². The van der Waals surface area contributed by atoms with Crippen molar-refractivity contribution in [1.82, 2.24) is 47.3 Å². The minimum absolute atomic E-state index is 0.868. The Morgan fingerprint density at radius 3 is 1.13 bits per heavy atom. The van der Waals surface area contributed by atoms with Crippen LogP contribution in [0, 0.1) is 0 Å². The summed E-state index contributed by atoms with van der Waals surface area (Å²) in [6.45, 7) is 0. The molecule has 0 spiro atoms. The summed E-state index contributed by atoms with van der Waals surface area (Å²) in [7, 11) is 0. The summed E-state index contributed by atoms with van der Waals surface area (Å²) in [6, 6.07) is 176. The second-order valence-electron chi connectivity index (χ2n) is 38.1. The van der Waals surface area contributed by atoms with Crippen molar-refractivity contribution in [3.8, 4) is 135 Å². The predicted octanol–water partition coefficient (Wildman–Crippen LogP) is 34.6. The van der Waals surface area contributed by atoms with Crippen LogP contribution in [0.5, 0.6) is 0 Å². The third-order valence-electron chi connectivity index (χ3n) is 30.5. The van der Waals surface area contributed by atoms with E-state index < -0.39 is 0 Å². The first-order valence-electron chi connectivity index (χ1n) is 49.3. The van der Waals surface area contributed by atoms with E-state index in [-0.39, 0.29) is 0 Å². The Kier molecular flexibility index (Phi) is 17.2. The van der Waals surface area contributed by atoms with E-state index in [1.165, 1.54) is 198 Å². The van der Waals surface area contributed by atoms with E-state index in [2.05, 4.69) is 501 Å². The van der Waals surface area contributed by atoms with Crippen molar-refractivity contribution in [2.45, 2.75) is 0 Å². The van der Waals surface area contributed by atoms with Gasteiger partial charge < -0.3 is 13.7 Å². The molecule has 0 N–H and O–H groups in total. The van der Waals surface area contributed by atoms with Crippen LogP contribution in [-0.2, 0) is 0 Å². The number of pyridine rings is 2. The average Bonchev–Trinajstić information content (AvgIpc) is 1.52. The van der Waals surface area contributed by atoms with E-state index in [9.17, 15) is 0 Å². The summed E-state index contributed by atoms with van der Waals surface area (Å²) in [4.78, 5) is 21.4. The van der Waals surface area contributed by atoms with E-state index in [4.69, 9.17) is 19.9 Å². The molecule has 21 aromatic carbocycles. The number of rotatable bonds is 6. The van der Waals surface area contributed by atoms with Gasteiger partial charge in [-0.2, -0.15) is 0 Å². The molecule has 33 rings (SSSR count). The lowest BCUT2D eigenvalue weighted by molar-refractivity contribution is 1.09. The molecule has 0 fully saturated rings. The number of benzene rings is 21. The van der Waals surface area contributed by atoms with E-state index in [0.717, 1.165) is 101 Å². The van der Waals surface area contributed by atoms with Crippen molar-refractivity contribution in [1.29, 1.82) is 0 Å². The Hall–Kier alpha value is -19.4. The third kappa shape index (κ3) is 11.6. The van der Waals surface area contributed by atoms with Crippen LogP contribution in [0.4, 0.5) is 0 Å². The fourth-order valence-corrected chi connectivity index (χ4v) is 24.4. The highest BCUT2D eigenvalue weighted by Gasteiger charge is 2.34. The van der Waals surface area contributed by atoms with Gasteiger partial charge in [-0.25, -0.2) is 19.9 Å². The fraction of sp³-hybridized carbons (Fsp3) is 0. The normalized spacial score (nSPS) is 12.2. The first kappa shape index (κ1) is 79.6. The van der Waals surface area contributed by atoms with Crippen molar-refractivity contribution >= 4 is 164 Å². The van der Waals surface area contributed by atoms with Crippen molar-refractivity contribution in [2.24, 2.45) is 0 Å². The summed E-state index contributed by atoms with van der Waals surface area (Å²) < 4.78 is 14.4. The summed E-state index contributed by atoms with van der Waals surface area (Å²) in [6.07, 6.45) is 0. The van der Waals surface area contributed by atoms with Crippen LogP contribution >= 0.6 is 0 Å². The second-order valence-corrected chi connectivity index (χ2v) is 38.1. The molecule has 0 atom stereocenters. The largest absolute Gasteiger partial charge is 0.309 e. The van der Waals surface area contributed by atoms with Gasteiger partial charge in [0.05, 0.1) is 88.3 Å². The van der Waals surface area contributed by atoms with Crippen LogP contribution in [-0.4, -0.2) is 47.3 Å². The van der Waals surface area contributed by atoms with Gasteiger partial charge >= 0.3 is 0 Å². The van der Waals surface area contributed by atoms with Crippen LogP contribution in [0.1, 0.15) is 0 Å². The molecule has 0 saturated carbocycles. The molecule has 666 valence electrons. The fourth-order valence-electron chi connectivity index (χ4n) is 24.4. The zero-order valence-corrected chi connectivity index (χ0v) is 77.7. The van der Waals surface area contributed by atoms with Gasteiger partial charge in [-0.3, -0.25) is 13.7 Å². The lowest BCUT2D eigenvalue weighted by Gasteiger charge is -2.16. The monoisotopic (exact) mass is 1830 g/mol. The van der Waals surface area contributed by atoms with Crippen molar-refractivity contribution in [3.63, 3.8) is 0 Å². The van der Waals surface area contributed by atoms with E-state index >= 15 is 0 Å². The van der Waals surface area contributed by atoms with E-state index in [0.29, 0.717) is 0 Å². The highest BCUT2D eigenvalue weighted by Crippen LogP contribution is 2.56. The van der Waals surface area contributed by atoms with Crippen LogP contribution in [0.15, 0.2) is 485 Å². The quantitative estimate of drug-likeness (QED) is 0.166. The Morgan fingerprint density at radius 2 is 0.521 bits per heavy atom. The molecule has 3 aliphatic rings. The number of aromatic nitrogens is 10. The summed E-state index contributed by atoms with van der Waals surface area (Å²) in [5.74, 6) is 2.82. The molecule has 0 amide bonds.